The molecule has 0 spiro atoms. The summed E-state index contributed by atoms with van der Waals surface area (Å²) >= 11 is 0. The smallest absolute Gasteiger partial charge is 0.329 e. The number of hydrogen-bond acceptors (Lipinski definition) is 5. The third-order valence-electron chi connectivity index (χ3n) is 5.01. The SMILES string of the molecule is CC(C)CC(NC(=O)C(Cc1ccccc1)NC(=O)C1CCCN1)C(=O)OC(C)(C)C. The van der Waals surface area contributed by atoms with Crippen molar-refractivity contribution < 1.29 is 19.1 Å². The molecule has 0 saturated carbocycles. The van der Waals surface area contributed by atoms with E-state index in [0.717, 1.165) is 24.9 Å². The van der Waals surface area contributed by atoms with Gasteiger partial charge in [0.05, 0.1) is 6.04 Å². The number of carbonyl (C=O) groups is 3. The molecular weight excluding hydrogens is 394 g/mol. The van der Waals surface area contributed by atoms with Gasteiger partial charge >= 0.3 is 5.97 Å². The van der Waals surface area contributed by atoms with Crippen molar-refractivity contribution in [1.82, 2.24) is 16.0 Å². The lowest BCUT2D eigenvalue weighted by Crippen LogP contribution is -2.55. The van der Waals surface area contributed by atoms with E-state index in [9.17, 15) is 14.4 Å². The molecule has 0 aliphatic carbocycles. The van der Waals surface area contributed by atoms with Gasteiger partial charge in [-0.15, -0.1) is 0 Å². The number of ether oxygens (including phenoxy) is 1. The first-order chi connectivity index (χ1) is 14.5. The topological polar surface area (TPSA) is 96.5 Å². The molecule has 0 bridgehead atoms. The van der Waals surface area contributed by atoms with E-state index >= 15 is 0 Å². The second-order valence-corrected chi connectivity index (χ2v) is 9.62. The van der Waals surface area contributed by atoms with Gasteiger partial charge in [0, 0.05) is 6.42 Å². The van der Waals surface area contributed by atoms with Crippen LogP contribution in [0.2, 0.25) is 0 Å². The maximum atomic E-state index is 13.2. The minimum absolute atomic E-state index is 0.183. The van der Waals surface area contributed by atoms with Gasteiger partial charge in [-0.2, -0.15) is 0 Å². The Bertz CT molecular complexity index is 737. The van der Waals surface area contributed by atoms with Crippen LogP contribution in [0.25, 0.3) is 0 Å². The molecule has 1 aliphatic rings. The fourth-order valence-electron chi connectivity index (χ4n) is 3.57. The number of nitrogens with one attached hydrogen (secondary N) is 3. The van der Waals surface area contributed by atoms with Gasteiger partial charge in [-0.1, -0.05) is 44.2 Å². The predicted octanol–water partition coefficient (Wildman–Crippen LogP) is 2.34. The van der Waals surface area contributed by atoms with Crippen molar-refractivity contribution >= 4 is 17.8 Å². The van der Waals surface area contributed by atoms with Crippen molar-refractivity contribution in [2.75, 3.05) is 6.54 Å². The largest absolute Gasteiger partial charge is 0.458 e. The van der Waals surface area contributed by atoms with Crippen LogP contribution in [0.5, 0.6) is 0 Å². The highest BCUT2D eigenvalue weighted by Crippen LogP contribution is 2.14. The molecule has 0 radical (unpaired) electrons. The number of carbonyl (C=O) groups excluding carboxylic acids is 3. The Morgan fingerprint density at radius 3 is 2.32 bits per heavy atom. The van der Waals surface area contributed by atoms with Crippen molar-refractivity contribution in [1.29, 1.82) is 0 Å². The monoisotopic (exact) mass is 431 g/mol. The summed E-state index contributed by atoms with van der Waals surface area (Å²) in [4.78, 5) is 38.6. The van der Waals surface area contributed by atoms with Gasteiger partial charge in [-0.3, -0.25) is 9.59 Å². The third kappa shape index (κ3) is 8.69. The van der Waals surface area contributed by atoms with Gasteiger partial charge in [0.2, 0.25) is 11.8 Å². The molecule has 1 saturated heterocycles. The molecule has 0 aromatic heterocycles. The first-order valence-electron chi connectivity index (χ1n) is 11.2. The zero-order chi connectivity index (χ0) is 23.0. The van der Waals surface area contributed by atoms with Crippen LogP contribution in [0.4, 0.5) is 0 Å². The lowest BCUT2D eigenvalue weighted by molar-refractivity contribution is -0.159. The Labute approximate surface area is 185 Å². The van der Waals surface area contributed by atoms with Crippen LogP contribution in [0.1, 0.15) is 59.4 Å². The van der Waals surface area contributed by atoms with Crippen molar-refractivity contribution in [3.05, 3.63) is 35.9 Å². The molecule has 31 heavy (non-hydrogen) atoms. The first kappa shape index (κ1) is 24.9. The Hall–Kier alpha value is -2.41. The summed E-state index contributed by atoms with van der Waals surface area (Å²) < 4.78 is 5.51. The molecule has 2 amide bonds. The van der Waals surface area contributed by atoms with Crippen LogP contribution < -0.4 is 16.0 Å². The quantitative estimate of drug-likeness (QED) is 0.522. The van der Waals surface area contributed by atoms with Gasteiger partial charge in [0.15, 0.2) is 0 Å². The van der Waals surface area contributed by atoms with Crippen molar-refractivity contribution in [3.63, 3.8) is 0 Å². The maximum Gasteiger partial charge on any atom is 0.329 e. The van der Waals surface area contributed by atoms with Crippen LogP contribution >= 0.6 is 0 Å². The summed E-state index contributed by atoms with van der Waals surface area (Å²) in [7, 11) is 0. The zero-order valence-electron chi connectivity index (χ0n) is 19.4. The van der Waals surface area contributed by atoms with E-state index in [4.69, 9.17) is 4.74 Å². The molecule has 3 unspecified atom stereocenters. The molecule has 1 aliphatic heterocycles. The minimum Gasteiger partial charge on any atom is -0.458 e. The van der Waals surface area contributed by atoms with E-state index in [2.05, 4.69) is 16.0 Å². The van der Waals surface area contributed by atoms with E-state index in [1.807, 2.05) is 44.2 Å². The van der Waals surface area contributed by atoms with Crippen LogP contribution in [-0.2, 0) is 25.5 Å². The van der Waals surface area contributed by atoms with Gasteiger partial charge in [-0.05, 0) is 58.1 Å². The van der Waals surface area contributed by atoms with Crippen LogP contribution in [-0.4, -0.2) is 48.1 Å². The van der Waals surface area contributed by atoms with E-state index in [1.54, 1.807) is 20.8 Å². The first-order valence-corrected chi connectivity index (χ1v) is 11.2. The summed E-state index contributed by atoms with van der Waals surface area (Å²) in [6, 6.07) is 7.68. The molecule has 172 valence electrons. The van der Waals surface area contributed by atoms with Crippen LogP contribution in [0.15, 0.2) is 30.3 Å². The summed E-state index contributed by atoms with van der Waals surface area (Å²) in [6.45, 7) is 10.2. The van der Waals surface area contributed by atoms with Crippen molar-refractivity contribution in [2.45, 2.75) is 84.0 Å². The molecule has 1 heterocycles. The van der Waals surface area contributed by atoms with E-state index in [1.165, 1.54) is 0 Å². The fraction of sp³-hybridized carbons (Fsp3) is 0.625. The number of hydrogen-bond donors (Lipinski definition) is 3. The highest BCUT2D eigenvalue weighted by atomic mass is 16.6. The number of benzene rings is 1. The molecule has 3 N–H and O–H groups in total. The van der Waals surface area contributed by atoms with Gasteiger partial charge < -0.3 is 20.7 Å². The summed E-state index contributed by atoms with van der Waals surface area (Å²) in [5.74, 6) is -0.850. The normalized spacial score (nSPS) is 18.3. The van der Waals surface area contributed by atoms with Gasteiger partial charge in [0.25, 0.3) is 0 Å². The van der Waals surface area contributed by atoms with Crippen LogP contribution in [0.3, 0.4) is 0 Å². The number of rotatable bonds is 9. The highest BCUT2D eigenvalue weighted by molar-refractivity contribution is 5.92. The second-order valence-electron chi connectivity index (χ2n) is 9.62. The number of amides is 2. The van der Waals surface area contributed by atoms with E-state index in [-0.39, 0.29) is 23.8 Å². The van der Waals surface area contributed by atoms with E-state index in [0.29, 0.717) is 12.8 Å². The Morgan fingerprint density at radius 2 is 1.77 bits per heavy atom. The highest BCUT2D eigenvalue weighted by Gasteiger charge is 2.32. The molecule has 1 aromatic rings. The Morgan fingerprint density at radius 1 is 1.10 bits per heavy atom. The Balaban J connectivity index is 2.15. The molecule has 2 rings (SSSR count). The maximum absolute atomic E-state index is 13.2. The molecule has 7 heteroatoms. The standard InChI is InChI=1S/C24H37N3O4/c1-16(2)14-20(23(30)31-24(3,4)5)27-22(29)19(15-17-10-7-6-8-11-17)26-21(28)18-12-9-13-25-18/h6-8,10-11,16,18-20,25H,9,12-15H2,1-5H3,(H,26,28)(H,27,29). The van der Waals surface area contributed by atoms with E-state index < -0.39 is 23.7 Å². The lowest BCUT2D eigenvalue weighted by Gasteiger charge is -2.27. The minimum atomic E-state index is -0.783. The zero-order valence-corrected chi connectivity index (χ0v) is 19.4. The molecule has 3 atom stereocenters. The van der Waals surface area contributed by atoms with Gasteiger partial charge in [0.1, 0.15) is 17.7 Å². The molecule has 1 fully saturated rings. The molecule has 7 nitrogen and oxygen atoms in total. The summed E-state index contributed by atoms with van der Waals surface area (Å²) in [5, 5.41) is 8.88. The summed E-state index contributed by atoms with van der Waals surface area (Å²) in [6.07, 6.45) is 2.48. The van der Waals surface area contributed by atoms with Crippen molar-refractivity contribution in [3.8, 4) is 0 Å². The Kier molecular flexibility index (Phi) is 9.04. The molecule has 1 aromatic carbocycles. The van der Waals surface area contributed by atoms with Gasteiger partial charge in [-0.25, -0.2) is 4.79 Å². The van der Waals surface area contributed by atoms with Crippen LogP contribution in [0, 0.1) is 5.92 Å². The molecular formula is C24H37N3O4. The van der Waals surface area contributed by atoms with Crippen molar-refractivity contribution in [2.24, 2.45) is 5.92 Å². The predicted molar refractivity (Wildman–Crippen MR) is 120 cm³/mol. The average Bonchev–Trinajstić information content (AvgIpc) is 3.21. The third-order valence-corrected chi connectivity index (χ3v) is 5.01. The number of esters is 1. The average molecular weight is 432 g/mol. The second kappa shape index (κ2) is 11.3. The lowest BCUT2D eigenvalue weighted by atomic mass is 10.0. The fourth-order valence-corrected chi connectivity index (χ4v) is 3.57. The summed E-state index contributed by atoms with van der Waals surface area (Å²) in [5.41, 5.74) is 0.281.